The fourth-order valence-corrected chi connectivity index (χ4v) is 1.92. The SMILES string of the molecule is C#CCC(N)C(=O)N(CC(N)=O)Cc1ccc(Br)cc1. The van der Waals surface area contributed by atoms with Crippen LogP contribution in [0.15, 0.2) is 28.7 Å². The minimum absolute atomic E-state index is 0.119. The Kier molecular flexibility index (Phi) is 6.22. The summed E-state index contributed by atoms with van der Waals surface area (Å²) in [6, 6.07) is 6.57. The van der Waals surface area contributed by atoms with Crippen molar-refractivity contribution in [2.75, 3.05) is 6.54 Å². The molecule has 4 N–H and O–H groups in total. The number of rotatable bonds is 6. The number of benzene rings is 1. The standard InChI is InChI=1S/C14H16BrN3O2/c1-2-3-12(16)14(20)18(9-13(17)19)8-10-4-6-11(15)7-5-10/h1,4-7,12H,3,8-9,16H2,(H2,17,19). The molecule has 1 aromatic carbocycles. The molecule has 1 unspecified atom stereocenters. The van der Waals surface area contributed by atoms with Crippen molar-refractivity contribution in [3.05, 3.63) is 34.3 Å². The van der Waals surface area contributed by atoms with Gasteiger partial charge in [0.15, 0.2) is 0 Å². The topological polar surface area (TPSA) is 89.4 Å². The average molecular weight is 338 g/mol. The first kappa shape index (κ1) is 16.2. The molecule has 1 atom stereocenters. The molecule has 0 spiro atoms. The molecule has 20 heavy (non-hydrogen) atoms. The molecular weight excluding hydrogens is 322 g/mol. The summed E-state index contributed by atoms with van der Waals surface area (Å²) >= 11 is 3.33. The Morgan fingerprint density at radius 1 is 1.35 bits per heavy atom. The summed E-state index contributed by atoms with van der Waals surface area (Å²) in [6.07, 6.45) is 5.26. The van der Waals surface area contributed by atoms with Crippen LogP contribution < -0.4 is 11.5 Å². The number of amides is 2. The zero-order valence-electron chi connectivity index (χ0n) is 10.9. The second-order valence-corrected chi connectivity index (χ2v) is 5.22. The Hall–Kier alpha value is -1.84. The first-order valence-electron chi connectivity index (χ1n) is 5.94. The minimum Gasteiger partial charge on any atom is -0.368 e. The van der Waals surface area contributed by atoms with Crippen molar-refractivity contribution < 1.29 is 9.59 Å². The second-order valence-electron chi connectivity index (χ2n) is 4.30. The van der Waals surface area contributed by atoms with Crippen LogP contribution in [0.3, 0.4) is 0 Å². The lowest BCUT2D eigenvalue weighted by Gasteiger charge is -2.24. The van der Waals surface area contributed by atoms with Gasteiger partial charge in [-0.05, 0) is 17.7 Å². The molecule has 1 rings (SSSR count). The normalized spacial score (nSPS) is 11.4. The number of carbonyl (C=O) groups excluding carboxylic acids is 2. The number of halogens is 1. The van der Waals surface area contributed by atoms with E-state index in [2.05, 4.69) is 21.9 Å². The first-order valence-corrected chi connectivity index (χ1v) is 6.74. The van der Waals surface area contributed by atoms with Crippen molar-refractivity contribution in [3.8, 4) is 12.3 Å². The Labute approximate surface area is 126 Å². The largest absolute Gasteiger partial charge is 0.368 e. The van der Waals surface area contributed by atoms with Gasteiger partial charge in [0.1, 0.15) is 0 Å². The number of nitrogens with two attached hydrogens (primary N) is 2. The number of hydrogen-bond donors (Lipinski definition) is 2. The van der Waals surface area contributed by atoms with Crippen molar-refractivity contribution in [2.24, 2.45) is 11.5 Å². The molecule has 0 aliphatic carbocycles. The number of terminal acetylenes is 1. The number of nitrogens with zero attached hydrogens (tertiary/aromatic N) is 1. The molecule has 1 aromatic rings. The third-order valence-electron chi connectivity index (χ3n) is 2.60. The summed E-state index contributed by atoms with van der Waals surface area (Å²) in [5, 5.41) is 0. The molecule has 0 aliphatic rings. The number of primary amides is 1. The summed E-state index contributed by atoms with van der Waals surface area (Å²) in [7, 11) is 0. The van der Waals surface area contributed by atoms with Crippen LogP contribution in [0.1, 0.15) is 12.0 Å². The zero-order chi connectivity index (χ0) is 15.1. The lowest BCUT2D eigenvalue weighted by molar-refractivity contribution is -0.136. The van der Waals surface area contributed by atoms with E-state index >= 15 is 0 Å². The van der Waals surface area contributed by atoms with Crippen molar-refractivity contribution in [1.29, 1.82) is 0 Å². The molecule has 0 radical (unpaired) electrons. The van der Waals surface area contributed by atoms with Gasteiger partial charge in [-0.1, -0.05) is 28.1 Å². The molecule has 0 saturated heterocycles. The Bertz CT molecular complexity index is 522. The van der Waals surface area contributed by atoms with Gasteiger partial charge in [-0.25, -0.2) is 0 Å². The van der Waals surface area contributed by atoms with Gasteiger partial charge in [0.05, 0.1) is 12.6 Å². The van der Waals surface area contributed by atoms with E-state index in [1.165, 1.54) is 4.90 Å². The Balaban J connectivity index is 2.84. The van der Waals surface area contributed by atoms with Crippen LogP contribution in [0.25, 0.3) is 0 Å². The van der Waals surface area contributed by atoms with E-state index in [9.17, 15) is 9.59 Å². The smallest absolute Gasteiger partial charge is 0.241 e. The van der Waals surface area contributed by atoms with Crippen LogP contribution in [0.4, 0.5) is 0 Å². The highest BCUT2D eigenvalue weighted by Crippen LogP contribution is 2.13. The summed E-state index contributed by atoms with van der Waals surface area (Å²) in [4.78, 5) is 24.5. The fraction of sp³-hybridized carbons (Fsp3) is 0.286. The molecule has 5 nitrogen and oxygen atoms in total. The quantitative estimate of drug-likeness (QED) is 0.745. The van der Waals surface area contributed by atoms with Crippen LogP contribution >= 0.6 is 15.9 Å². The first-order chi connectivity index (χ1) is 9.43. The lowest BCUT2D eigenvalue weighted by Crippen LogP contribution is -2.46. The predicted octanol–water partition coefficient (Wildman–Crippen LogP) is 0.614. The third-order valence-corrected chi connectivity index (χ3v) is 3.13. The Morgan fingerprint density at radius 3 is 2.45 bits per heavy atom. The molecule has 0 bridgehead atoms. The summed E-state index contributed by atoms with van der Waals surface area (Å²) in [5.74, 6) is 1.35. The van der Waals surface area contributed by atoms with E-state index in [0.717, 1.165) is 10.0 Å². The third kappa shape index (κ3) is 5.03. The van der Waals surface area contributed by atoms with E-state index in [4.69, 9.17) is 17.9 Å². The van der Waals surface area contributed by atoms with Gasteiger partial charge < -0.3 is 16.4 Å². The van der Waals surface area contributed by atoms with E-state index in [0.29, 0.717) is 0 Å². The van der Waals surface area contributed by atoms with Gasteiger partial charge in [0, 0.05) is 17.4 Å². The summed E-state index contributed by atoms with van der Waals surface area (Å²) in [5.41, 5.74) is 11.7. The van der Waals surface area contributed by atoms with E-state index in [1.807, 2.05) is 24.3 Å². The van der Waals surface area contributed by atoms with E-state index in [-0.39, 0.29) is 25.4 Å². The van der Waals surface area contributed by atoms with E-state index < -0.39 is 11.9 Å². The summed E-state index contributed by atoms with van der Waals surface area (Å²) < 4.78 is 0.929. The molecule has 0 fully saturated rings. The van der Waals surface area contributed by atoms with Gasteiger partial charge in [-0.15, -0.1) is 12.3 Å². The van der Waals surface area contributed by atoms with Crippen LogP contribution in [0.5, 0.6) is 0 Å². The maximum Gasteiger partial charge on any atom is 0.241 e. The Morgan fingerprint density at radius 2 is 1.95 bits per heavy atom. The van der Waals surface area contributed by atoms with Gasteiger partial charge >= 0.3 is 0 Å². The summed E-state index contributed by atoms with van der Waals surface area (Å²) in [6.45, 7) is 0.0699. The van der Waals surface area contributed by atoms with E-state index in [1.54, 1.807) is 0 Å². The maximum atomic E-state index is 12.1. The van der Waals surface area contributed by atoms with Crippen LogP contribution in [0, 0.1) is 12.3 Å². The molecule has 0 aliphatic heterocycles. The lowest BCUT2D eigenvalue weighted by atomic mass is 10.1. The maximum absolute atomic E-state index is 12.1. The average Bonchev–Trinajstić information content (AvgIpc) is 2.39. The molecule has 106 valence electrons. The van der Waals surface area contributed by atoms with Crippen molar-refractivity contribution in [3.63, 3.8) is 0 Å². The molecule has 0 heterocycles. The fourth-order valence-electron chi connectivity index (χ4n) is 1.66. The van der Waals surface area contributed by atoms with Gasteiger partial charge in [-0.2, -0.15) is 0 Å². The predicted molar refractivity (Wildman–Crippen MR) is 80.2 cm³/mol. The van der Waals surface area contributed by atoms with Crippen LogP contribution in [-0.2, 0) is 16.1 Å². The van der Waals surface area contributed by atoms with Crippen LogP contribution in [-0.4, -0.2) is 29.3 Å². The van der Waals surface area contributed by atoms with Crippen molar-refractivity contribution >= 4 is 27.7 Å². The molecule has 2 amide bonds. The monoisotopic (exact) mass is 337 g/mol. The van der Waals surface area contributed by atoms with Crippen molar-refractivity contribution in [1.82, 2.24) is 4.90 Å². The molecule has 6 heteroatoms. The molecule has 0 aromatic heterocycles. The van der Waals surface area contributed by atoms with Gasteiger partial charge in [0.2, 0.25) is 11.8 Å². The molecule has 0 saturated carbocycles. The highest BCUT2D eigenvalue weighted by molar-refractivity contribution is 9.10. The van der Waals surface area contributed by atoms with Gasteiger partial charge in [0.25, 0.3) is 0 Å². The second kappa shape index (κ2) is 7.68. The zero-order valence-corrected chi connectivity index (χ0v) is 12.5. The molecular formula is C14H16BrN3O2. The number of carbonyl (C=O) groups is 2. The highest BCUT2D eigenvalue weighted by atomic mass is 79.9. The van der Waals surface area contributed by atoms with Gasteiger partial charge in [-0.3, -0.25) is 9.59 Å². The number of hydrogen-bond acceptors (Lipinski definition) is 3. The van der Waals surface area contributed by atoms with Crippen molar-refractivity contribution in [2.45, 2.75) is 19.0 Å². The highest BCUT2D eigenvalue weighted by Gasteiger charge is 2.21. The minimum atomic E-state index is -0.824. The van der Waals surface area contributed by atoms with Crippen LogP contribution in [0.2, 0.25) is 0 Å².